The molecule has 0 aliphatic heterocycles. The lowest BCUT2D eigenvalue weighted by atomic mass is 10.2. The van der Waals surface area contributed by atoms with Gasteiger partial charge in [0.25, 0.3) is 0 Å². The SMILES string of the molecule is Cc1cc(N)ccc1NCCCCO. The van der Waals surface area contributed by atoms with Gasteiger partial charge >= 0.3 is 0 Å². The van der Waals surface area contributed by atoms with Crippen LogP contribution in [-0.2, 0) is 0 Å². The summed E-state index contributed by atoms with van der Waals surface area (Å²) in [6.45, 7) is 3.19. The van der Waals surface area contributed by atoms with Crippen molar-refractivity contribution in [2.24, 2.45) is 0 Å². The van der Waals surface area contributed by atoms with Crippen LogP contribution in [0.5, 0.6) is 0 Å². The molecule has 0 aliphatic rings. The number of nitrogens with one attached hydrogen (secondary N) is 1. The maximum Gasteiger partial charge on any atom is 0.0431 e. The fourth-order valence-electron chi connectivity index (χ4n) is 1.35. The van der Waals surface area contributed by atoms with E-state index in [9.17, 15) is 0 Å². The van der Waals surface area contributed by atoms with E-state index in [2.05, 4.69) is 5.32 Å². The molecular weight excluding hydrogens is 176 g/mol. The Balaban J connectivity index is 2.42. The molecule has 0 amide bonds. The van der Waals surface area contributed by atoms with Crippen molar-refractivity contribution < 1.29 is 5.11 Å². The Kier molecular flexibility index (Phi) is 4.26. The number of aliphatic hydroxyl groups is 1. The third-order valence-corrected chi connectivity index (χ3v) is 2.15. The number of benzene rings is 1. The number of anilines is 2. The van der Waals surface area contributed by atoms with Crippen LogP contribution in [0.15, 0.2) is 18.2 Å². The smallest absolute Gasteiger partial charge is 0.0431 e. The molecule has 78 valence electrons. The number of aliphatic hydroxyl groups excluding tert-OH is 1. The number of rotatable bonds is 5. The van der Waals surface area contributed by atoms with Gasteiger partial charge in [-0.1, -0.05) is 0 Å². The van der Waals surface area contributed by atoms with E-state index in [1.807, 2.05) is 25.1 Å². The van der Waals surface area contributed by atoms with Crippen LogP contribution in [0.1, 0.15) is 18.4 Å². The molecule has 0 spiro atoms. The van der Waals surface area contributed by atoms with E-state index in [0.717, 1.165) is 36.3 Å². The highest BCUT2D eigenvalue weighted by molar-refractivity contribution is 5.57. The molecule has 0 bridgehead atoms. The van der Waals surface area contributed by atoms with E-state index < -0.39 is 0 Å². The van der Waals surface area contributed by atoms with Crippen molar-refractivity contribution in [3.05, 3.63) is 23.8 Å². The average molecular weight is 194 g/mol. The summed E-state index contributed by atoms with van der Waals surface area (Å²) in [5.74, 6) is 0. The molecule has 0 unspecified atom stereocenters. The van der Waals surface area contributed by atoms with Crippen LogP contribution in [0.2, 0.25) is 0 Å². The molecule has 0 saturated heterocycles. The van der Waals surface area contributed by atoms with Crippen LogP contribution < -0.4 is 11.1 Å². The largest absolute Gasteiger partial charge is 0.399 e. The molecule has 4 N–H and O–H groups in total. The molecule has 0 aliphatic carbocycles. The van der Waals surface area contributed by atoms with Gasteiger partial charge in [-0.25, -0.2) is 0 Å². The van der Waals surface area contributed by atoms with Crippen molar-refractivity contribution in [2.45, 2.75) is 19.8 Å². The molecule has 1 rings (SSSR count). The van der Waals surface area contributed by atoms with E-state index in [1.165, 1.54) is 0 Å². The fraction of sp³-hybridized carbons (Fsp3) is 0.455. The molecule has 0 heterocycles. The van der Waals surface area contributed by atoms with Crippen molar-refractivity contribution >= 4 is 11.4 Å². The minimum atomic E-state index is 0.266. The first-order valence-electron chi connectivity index (χ1n) is 4.95. The Morgan fingerprint density at radius 2 is 2.14 bits per heavy atom. The zero-order valence-electron chi connectivity index (χ0n) is 8.59. The summed E-state index contributed by atoms with van der Waals surface area (Å²) < 4.78 is 0. The molecule has 3 heteroatoms. The number of aryl methyl sites for hydroxylation is 1. The Labute approximate surface area is 84.9 Å². The maximum atomic E-state index is 8.61. The lowest BCUT2D eigenvalue weighted by Crippen LogP contribution is -2.04. The summed E-state index contributed by atoms with van der Waals surface area (Å²) in [4.78, 5) is 0. The van der Waals surface area contributed by atoms with Gasteiger partial charge in [-0.2, -0.15) is 0 Å². The normalized spacial score (nSPS) is 10.1. The van der Waals surface area contributed by atoms with Crippen LogP contribution in [0.3, 0.4) is 0 Å². The van der Waals surface area contributed by atoms with E-state index in [1.54, 1.807) is 0 Å². The van der Waals surface area contributed by atoms with Gasteiger partial charge in [-0.3, -0.25) is 0 Å². The Morgan fingerprint density at radius 1 is 1.36 bits per heavy atom. The summed E-state index contributed by atoms with van der Waals surface area (Å²) in [5, 5.41) is 11.9. The molecule has 0 atom stereocenters. The fourth-order valence-corrected chi connectivity index (χ4v) is 1.35. The number of nitrogen functional groups attached to an aromatic ring is 1. The third kappa shape index (κ3) is 3.26. The Morgan fingerprint density at radius 3 is 2.79 bits per heavy atom. The van der Waals surface area contributed by atoms with Crippen molar-refractivity contribution in [3.8, 4) is 0 Å². The zero-order valence-corrected chi connectivity index (χ0v) is 8.59. The van der Waals surface area contributed by atoms with Crippen LogP contribution in [0.4, 0.5) is 11.4 Å². The zero-order chi connectivity index (χ0) is 10.4. The molecular formula is C11H18N2O. The highest BCUT2D eigenvalue weighted by atomic mass is 16.2. The second-order valence-electron chi connectivity index (χ2n) is 3.43. The Hall–Kier alpha value is -1.22. The van der Waals surface area contributed by atoms with E-state index in [0.29, 0.717) is 0 Å². The highest BCUT2D eigenvalue weighted by Crippen LogP contribution is 2.17. The molecule has 1 aromatic carbocycles. The predicted molar refractivity (Wildman–Crippen MR) is 60.4 cm³/mol. The molecule has 0 radical (unpaired) electrons. The molecule has 14 heavy (non-hydrogen) atoms. The van der Waals surface area contributed by atoms with Gasteiger partial charge < -0.3 is 16.2 Å². The second-order valence-corrected chi connectivity index (χ2v) is 3.43. The number of hydrogen-bond acceptors (Lipinski definition) is 3. The summed E-state index contributed by atoms with van der Waals surface area (Å²) in [7, 11) is 0. The van der Waals surface area contributed by atoms with Crippen LogP contribution >= 0.6 is 0 Å². The molecule has 0 aromatic heterocycles. The second kappa shape index (κ2) is 5.50. The number of hydrogen-bond donors (Lipinski definition) is 3. The van der Waals surface area contributed by atoms with Crippen molar-refractivity contribution in [1.82, 2.24) is 0 Å². The number of unbranched alkanes of at least 4 members (excludes halogenated alkanes) is 1. The highest BCUT2D eigenvalue weighted by Gasteiger charge is 1.96. The molecule has 0 fully saturated rings. The maximum absolute atomic E-state index is 8.61. The van der Waals surface area contributed by atoms with Crippen LogP contribution in [-0.4, -0.2) is 18.3 Å². The van der Waals surface area contributed by atoms with Gasteiger partial charge in [0, 0.05) is 24.5 Å². The van der Waals surface area contributed by atoms with Gasteiger partial charge in [0.05, 0.1) is 0 Å². The first-order chi connectivity index (χ1) is 6.74. The van der Waals surface area contributed by atoms with E-state index >= 15 is 0 Å². The summed E-state index contributed by atoms with van der Waals surface area (Å²) >= 11 is 0. The topological polar surface area (TPSA) is 58.3 Å². The minimum Gasteiger partial charge on any atom is -0.399 e. The molecule has 0 saturated carbocycles. The molecule has 1 aromatic rings. The molecule has 3 nitrogen and oxygen atoms in total. The minimum absolute atomic E-state index is 0.266. The summed E-state index contributed by atoms with van der Waals surface area (Å²) in [6.07, 6.45) is 1.83. The van der Waals surface area contributed by atoms with Crippen molar-refractivity contribution in [2.75, 3.05) is 24.2 Å². The van der Waals surface area contributed by atoms with Crippen molar-refractivity contribution in [3.63, 3.8) is 0 Å². The standard InChI is InChI=1S/C11H18N2O/c1-9-8-10(12)4-5-11(9)13-6-2-3-7-14/h4-5,8,13-14H,2-3,6-7,12H2,1H3. The van der Waals surface area contributed by atoms with Crippen LogP contribution in [0, 0.1) is 6.92 Å². The van der Waals surface area contributed by atoms with Gasteiger partial charge in [-0.05, 0) is 43.5 Å². The van der Waals surface area contributed by atoms with Crippen LogP contribution in [0.25, 0.3) is 0 Å². The quantitative estimate of drug-likeness (QED) is 0.494. The van der Waals surface area contributed by atoms with Crippen molar-refractivity contribution in [1.29, 1.82) is 0 Å². The van der Waals surface area contributed by atoms with Gasteiger partial charge in [0.15, 0.2) is 0 Å². The lowest BCUT2D eigenvalue weighted by molar-refractivity contribution is 0.286. The Bertz CT molecular complexity index is 287. The summed E-state index contributed by atoms with van der Waals surface area (Å²) in [6, 6.07) is 5.83. The number of nitrogens with two attached hydrogens (primary N) is 1. The van der Waals surface area contributed by atoms with E-state index in [-0.39, 0.29) is 6.61 Å². The third-order valence-electron chi connectivity index (χ3n) is 2.15. The average Bonchev–Trinajstić information content (AvgIpc) is 2.15. The van der Waals surface area contributed by atoms with Gasteiger partial charge in [0.1, 0.15) is 0 Å². The summed E-state index contributed by atoms with van der Waals surface area (Å²) in [5.41, 5.74) is 8.72. The van der Waals surface area contributed by atoms with Gasteiger partial charge in [0.2, 0.25) is 0 Å². The monoisotopic (exact) mass is 194 g/mol. The first-order valence-corrected chi connectivity index (χ1v) is 4.95. The van der Waals surface area contributed by atoms with E-state index in [4.69, 9.17) is 10.8 Å². The first kappa shape index (κ1) is 10.9. The predicted octanol–water partition coefficient (Wildman–Crippen LogP) is 1.76. The van der Waals surface area contributed by atoms with Gasteiger partial charge in [-0.15, -0.1) is 0 Å². The lowest BCUT2D eigenvalue weighted by Gasteiger charge is -2.09.